The molecule has 0 bridgehead atoms. The number of aromatic nitrogens is 1. The van der Waals surface area contributed by atoms with E-state index in [4.69, 9.17) is 14.5 Å². The van der Waals surface area contributed by atoms with Crippen LogP contribution in [0.3, 0.4) is 0 Å². The number of hydrogen-bond donors (Lipinski definition) is 0. The molecule has 7 rings (SSSR count). The lowest BCUT2D eigenvalue weighted by atomic mass is 9.90. The third kappa shape index (κ3) is 5.82. The van der Waals surface area contributed by atoms with Crippen LogP contribution < -0.4 is 24.4 Å². The van der Waals surface area contributed by atoms with Gasteiger partial charge >= 0.3 is 0 Å². The first-order valence-electron chi connectivity index (χ1n) is 16.5. The molecule has 0 saturated carbocycles. The second-order valence-electron chi connectivity index (χ2n) is 11.9. The maximum atomic E-state index is 14.8. The van der Waals surface area contributed by atoms with Gasteiger partial charge in [0.15, 0.2) is 4.80 Å². The van der Waals surface area contributed by atoms with E-state index in [0.29, 0.717) is 51.8 Å². The largest absolute Gasteiger partial charge is 0.496 e. The highest BCUT2D eigenvalue weighted by atomic mass is 32.1. The smallest absolute Gasteiger partial charge is 0.271 e. The van der Waals surface area contributed by atoms with E-state index in [-0.39, 0.29) is 11.5 Å². The number of methoxy groups -OCH3 is 1. The average Bonchev–Trinajstić information content (AvgIpc) is 3.44. The Balaban J connectivity index is 1.48. The van der Waals surface area contributed by atoms with E-state index >= 15 is 0 Å². The van der Waals surface area contributed by atoms with Gasteiger partial charge in [-0.2, -0.15) is 0 Å². The van der Waals surface area contributed by atoms with Crippen LogP contribution in [0.4, 0.5) is 0 Å². The lowest BCUT2D eigenvalue weighted by Gasteiger charge is -2.30. The molecule has 49 heavy (non-hydrogen) atoms. The van der Waals surface area contributed by atoms with Crippen LogP contribution in [0.25, 0.3) is 27.6 Å². The van der Waals surface area contributed by atoms with Gasteiger partial charge in [0.1, 0.15) is 24.1 Å². The number of likely N-dealkylation sites (N-methyl/N-ethyl adjacent to an activating group) is 1. The topological polar surface area (TPSA) is 73.1 Å². The lowest BCUT2D eigenvalue weighted by Crippen LogP contribution is -2.43. The highest BCUT2D eigenvalue weighted by Gasteiger charge is 2.36. The third-order valence-corrected chi connectivity index (χ3v) is 10.2. The van der Waals surface area contributed by atoms with Gasteiger partial charge < -0.3 is 14.4 Å². The number of benzene rings is 5. The normalized spacial score (nSPS) is 14.5. The predicted molar refractivity (Wildman–Crippen MR) is 197 cm³/mol. The van der Waals surface area contributed by atoms with Gasteiger partial charge in [-0.1, -0.05) is 102 Å². The van der Waals surface area contributed by atoms with Gasteiger partial charge in [0, 0.05) is 24.2 Å². The Hall–Kier alpha value is -5.47. The molecule has 1 aliphatic heterocycles. The Morgan fingerprint density at radius 2 is 1.49 bits per heavy atom. The highest BCUT2D eigenvalue weighted by Crippen LogP contribution is 2.40. The van der Waals surface area contributed by atoms with Crippen LogP contribution in [0.15, 0.2) is 124 Å². The summed E-state index contributed by atoms with van der Waals surface area (Å²) in [6.07, 6.45) is 1.91. The zero-order chi connectivity index (χ0) is 34.1. The molecule has 0 fully saturated rings. The van der Waals surface area contributed by atoms with E-state index < -0.39 is 6.04 Å². The second kappa shape index (κ2) is 13.6. The molecule has 8 heteroatoms. The van der Waals surface area contributed by atoms with Crippen molar-refractivity contribution >= 4 is 44.9 Å². The summed E-state index contributed by atoms with van der Waals surface area (Å²) in [4.78, 5) is 36.3. The summed E-state index contributed by atoms with van der Waals surface area (Å²) in [7, 11) is 1.62. The molecule has 0 aliphatic carbocycles. The van der Waals surface area contributed by atoms with Crippen LogP contribution in [0.5, 0.6) is 11.5 Å². The number of amides is 1. The fourth-order valence-electron chi connectivity index (χ4n) is 6.70. The minimum Gasteiger partial charge on any atom is -0.496 e. The van der Waals surface area contributed by atoms with Crippen molar-refractivity contribution in [3.8, 4) is 11.5 Å². The van der Waals surface area contributed by atoms with Crippen LogP contribution in [0.1, 0.15) is 43.5 Å². The lowest BCUT2D eigenvalue weighted by molar-refractivity contribution is -0.127. The van der Waals surface area contributed by atoms with Crippen LogP contribution in [0, 0.1) is 0 Å². The minimum absolute atomic E-state index is 0.147. The standard InChI is InChI=1S/C41H37N3O4S/c1-5-43(6-2)40(46)36-26(3)42-41-44(38(36)37-31-19-13-11-17-29(31)21-23-34(37)47-4)39(45)35(49-41)24-32-30-18-12-10-16-28(30)20-22-33(32)48-25-27-14-8-7-9-15-27/h7-24,38H,5-6,25H2,1-4H3/b35-24+/t38-/m1/s1. The van der Waals surface area contributed by atoms with Crippen molar-refractivity contribution in [3.63, 3.8) is 0 Å². The van der Waals surface area contributed by atoms with Crippen molar-refractivity contribution in [1.82, 2.24) is 9.47 Å². The van der Waals surface area contributed by atoms with E-state index in [1.165, 1.54) is 11.3 Å². The number of hydrogen-bond acceptors (Lipinski definition) is 6. The summed E-state index contributed by atoms with van der Waals surface area (Å²) in [6, 6.07) is 33.3. The number of fused-ring (bicyclic) bond motifs is 3. The second-order valence-corrected chi connectivity index (χ2v) is 12.9. The fraction of sp³-hybridized carbons (Fsp3) is 0.195. The molecule has 2 heterocycles. The van der Waals surface area contributed by atoms with Gasteiger partial charge in [0.25, 0.3) is 11.5 Å². The fourth-order valence-corrected chi connectivity index (χ4v) is 7.73. The molecule has 1 amide bonds. The number of ether oxygens (including phenoxy) is 2. The monoisotopic (exact) mass is 667 g/mol. The summed E-state index contributed by atoms with van der Waals surface area (Å²) >= 11 is 1.32. The zero-order valence-electron chi connectivity index (χ0n) is 28.0. The van der Waals surface area contributed by atoms with Crippen molar-refractivity contribution in [2.45, 2.75) is 33.4 Å². The average molecular weight is 668 g/mol. The molecule has 0 radical (unpaired) electrons. The SMILES string of the molecule is CCN(CC)C(=O)C1=C(C)N=c2s/c(=C/c3c(OCc4ccccc4)ccc4ccccc34)c(=O)n2[C@H]1c1c(OC)ccc2ccccc12. The molecule has 1 aromatic heterocycles. The molecule has 0 N–H and O–H groups in total. The predicted octanol–water partition coefficient (Wildman–Crippen LogP) is 7.00. The van der Waals surface area contributed by atoms with Crippen molar-refractivity contribution in [3.05, 3.63) is 151 Å². The van der Waals surface area contributed by atoms with E-state index in [1.54, 1.807) is 16.6 Å². The summed E-state index contributed by atoms with van der Waals surface area (Å²) in [5.41, 5.74) is 3.44. The quantitative estimate of drug-likeness (QED) is 0.167. The Morgan fingerprint density at radius 3 is 2.18 bits per heavy atom. The molecule has 6 aromatic rings. The molecule has 0 spiro atoms. The molecule has 0 unspecified atom stereocenters. The maximum Gasteiger partial charge on any atom is 0.271 e. The number of nitrogens with zero attached hydrogens (tertiary/aromatic N) is 3. The zero-order valence-corrected chi connectivity index (χ0v) is 28.8. The van der Waals surface area contributed by atoms with Gasteiger partial charge in [-0.15, -0.1) is 0 Å². The van der Waals surface area contributed by atoms with Crippen LogP contribution >= 0.6 is 11.3 Å². The molecule has 246 valence electrons. The van der Waals surface area contributed by atoms with Crippen LogP contribution in [0.2, 0.25) is 0 Å². The van der Waals surface area contributed by atoms with E-state index in [9.17, 15) is 9.59 Å². The van der Waals surface area contributed by atoms with Gasteiger partial charge in [0.05, 0.1) is 22.9 Å². The Morgan fingerprint density at radius 1 is 0.857 bits per heavy atom. The number of carbonyl (C=O) groups is 1. The summed E-state index contributed by atoms with van der Waals surface area (Å²) in [5.74, 6) is 1.13. The number of rotatable bonds is 9. The maximum absolute atomic E-state index is 14.8. The van der Waals surface area contributed by atoms with E-state index in [2.05, 4.69) is 6.07 Å². The molecular formula is C41H37N3O4S. The van der Waals surface area contributed by atoms with E-state index in [0.717, 1.165) is 38.2 Å². The molecule has 1 aliphatic rings. The minimum atomic E-state index is -0.756. The van der Waals surface area contributed by atoms with Crippen molar-refractivity contribution in [2.24, 2.45) is 4.99 Å². The molecule has 7 nitrogen and oxygen atoms in total. The summed E-state index contributed by atoms with van der Waals surface area (Å²) < 4.78 is 14.5. The van der Waals surface area contributed by atoms with Crippen molar-refractivity contribution < 1.29 is 14.3 Å². The summed E-state index contributed by atoms with van der Waals surface area (Å²) in [6.45, 7) is 7.23. The van der Waals surface area contributed by atoms with Crippen LogP contribution in [-0.4, -0.2) is 35.6 Å². The summed E-state index contributed by atoms with van der Waals surface area (Å²) in [5, 5.41) is 3.90. The van der Waals surface area contributed by atoms with Gasteiger partial charge in [0.2, 0.25) is 0 Å². The Bertz CT molecular complexity index is 2420. The Kier molecular flexibility index (Phi) is 8.89. The van der Waals surface area contributed by atoms with Crippen LogP contribution in [-0.2, 0) is 11.4 Å². The first kappa shape index (κ1) is 32.1. The van der Waals surface area contributed by atoms with E-state index in [1.807, 2.05) is 124 Å². The van der Waals surface area contributed by atoms with Gasteiger partial charge in [-0.3, -0.25) is 14.2 Å². The molecule has 1 atom stereocenters. The third-order valence-electron chi connectivity index (χ3n) is 9.17. The molecule has 5 aromatic carbocycles. The number of thiazole rings is 1. The van der Waals surface area contributed by atoms with Crippen molar-refractivity contribution in [2.75, 3.05) is 20.2 Å². The number of carbonyl (C=O) groups excluding carboxylic acids is 1. The molecular weight excluding hydrogens is 631 g/mol. The first-order valence-corrected chi connectivity index (χ1v) is 17.3. The van der Waals surface area contributed by atoms with Gasteiger partial charge in [-0.25, -0.2) is 4.99 Å². The first-order chi connectivity index (χ1) is 23.9. The highest BCUT2D eigenvalue weighted by molar-refractivity contribution is 7.07. The number of allylic oxidation sites excluding steroid dienone is 1. The van der Waals surface area contributed by atoms with Gasteiger partial charge in [-0.05, 0) is 66.1 Å². The molecule has 0 saturated heterocycles. The Labute approximate surface area is 288 Å². The van der Waals surface area contributed by atoms with Crippen molar-refractivity contribution in [1.29, 1.82) is 0 Å².